The first-order valence-corrected chi connectivity index (χ1v) is 12.9. The van der Waals surface area contributed by atoms with Crippen LogP contribution in [-0.2, 0) is 33.7 Å². The number of hydrogen-bond acceptors (Lipinski definition) is 8. The van der Waals surface area contributed by atoms with E-state index >= 15 is 0 Å². The summed E-state index contributed by atoms with van der Waals surface area (Å²) in [6.45, 7) is 0.285. The highest BCUT2D eigenvalue weighted by Crippen LogP contribution is 2.40. The Kier molecular flexibility index (Phi) is 7.07. The Morgan fingerprint density at radius 2 is 2.22 bits per heavy atom. The predicted octanol–water partition coefficient (Wildman–Crippen LogP) is 3.93. The second-order valence-electron chi connectivity index (χ2n) is 8.77. The van der Waals surface area contributed by atoms with E-state index in [2.05, 4.69) is 15.4 Å². The fourth-order valence-corrected chi connectivity index (χ4v) is 5.61. The van der Waals surface area contributed by atoms with Crippen molar-refractivity contribution in [2.45, 2.75) is 38.3 Å². The summed E-state index contributed by atoms with van der Waals surface area (Å²) in [6, 6.07) is 3.19. The molecule has 0 saturated heterocycles. The van der Waals surface area contributed by atoms with Crippen LogP contribution in [0.15, 0.2) is 52.2 Å². The van der Waals surface area contributed by atoms with Crippen LogP contribution in [0, 0.1) is 11.7 Å². The number of benzene rings is 1. The normalized spacial score (nSPS) is 19.2. The summed E-state index contributed by atoms with van der Waals surface area (Å²) in [5, 5.41) is 19.5. The molecular formula is C25H23ClFN5O4S. The van der Waals surface area contributed by atoms with Crippen LogP contribution in [0.25, 0.3) is 0 Å². The highest BCUT2D eigenvalue weighted by atomic mass is 35.5. The molecule has 3 aromatic rings. The van der Waals surface area contributed by atoms with Gasteiger partial charge >= 0.3 is 11.9 Å². The van der Waals surface area contributed by atoms with Crippen molar-refractivity contribution < 1.29 is 23.8 Å². The molecule has 0 radical (unpaired) electrons. The number of allylic oxidation sites excluding steroid dienone is 1. The van der Waals surface area contributed by atoms with Crippen molar-refractivity contribution >= 4 is 40.7 Å². The number of ether oxygens (including phenoxy) is 1. The molecule has 0 saturated carbocycles. The van der Waals surface area contributed by atoms with Crippen molar-refractivity contribution in [2.24, 2.45) is 10.9 Å². The summed E-state index contributed by atoms with van der Waals surface area (Å²) < 4.78 is 20.7. The number of carboxylic acid groups (broad SMARTS) is 1. The average Bonchev–Trinajstić information content (AvgIpc) is 3.56. The number of halogens is 2. The van der Waals surface area contributed by atoms with Gasteiger partial charge < -0.3 is 15.2 Å². The van der Waals surface area contributed by atoms with Crippen LogP contribution in [0.5, 0.6) is 0 Å². The van der Waals surface area contributed by atoms with Crippen molar-refractivity contribution in [3.05, 3.63) is 79.9 Å². The molecular weight excluding hydrogens is 521 g/mol. The number of carbonyl (C=O) groups excluding carboxylic acids is 1. The Bertz CT molecular complexity index is 1420. The van der Waals surface area contributed by atoms with E-state index < -0.39 is 23.8 Å². The summed E-state index contributed by atoms with van der Waals surface area (Å²) in [6.07, 6.45) is 5.46. The lowest BCUT2D eigenvalue weighted by molar-refractivity contribution is -0.138. The molecule has 2 aliphatic rings. The summed E-state index contributed by atoms with van der Waals surface area (Å²) in [5.74, 6) is -1.55. The van der Waals surface area contributed by atoms with E-state index in [-0.39, 0.29) is 23.9 Å². The Hall–Kier alpha value is -3.57. The molecule has 0 amide bonds. The number of nitrogens with one attached hydrogen (secondary N) is 1. The first-order valence-electron chi connectivity index (χ1n) is 11.6. The van der Waals surface area contributed by atoms with E-state index in [0.717, 1.165) is 11.3 Å². The van der Waals surface area contributed by atoms with Crippen LogP contribution in [0.1, 0.15) is 40.7 Å². The van der Waals surface area contributed by atoms with Gasteiger partial charge in [0, 0.05) is 40.0 Å². The maximum absolute atomic E-state index is 13.9. The van der Waals surface area contributed by atoms with Gasteiger partial charge in [-0.3, -0.25) is 14.5 Å². The van der Waals surface area contributed by atoms with E-state index in [1.54, 1.807) is 10.9 Å². The predicted molar refractivity (Wildman–Crippen MR) is 135 cm³/mol. The zero-order valence-corrected chi connectivity index (χ0v) is 21.4. The van der Waals surface area contributed by atoms with Gasteiger partial charge in [0.1, 0.15) is 11.9 Å². The van der Waals surface area contributed by atoms with Crippen LogP contribution in [0.3, 0.4) is 0 Å². The zero-order chi connectivity index (χ0) is 26.1. The first-order chi connectivity index (χ1) is 17.8. The number of aliphatic carboxylic acids is 1. The number of carbonyl (C=O) groups is 2. The largest absolute Gasteiger partial charge is 0.481 e. The molecule has 0 bridgehead atoms. The molecule has 9 nitrogen and oxygen atoms in total. The molecule has 0 fully saturated rings. The molecule has 5 rings (SSSR count). The number of methoxy groups -OCH3 is 1. The summed E-state index contributed by atoms with van der Waals surface area (Å²) >= 11 is 7.83. The van der Waals surface area contributed by atoms with Crippen molar-refractivity contribution in [3.8, 4) is 0 Å². The minimum absolute atomic E-state index is 0.0169. The van der Waals surface area contributed by atoms with E-state index in [0.29, 0.717) is 46.9 Å². The van der Waals surface area contributed by atoms with Gasteiger partial charge in [-0.1, -0.05) is 17.7 Å². The topological polar surface area (TPSA) is 119 Å². The number of hydrogen-bond donors (Lipinski definition) is 2. The lowest BCUT2D eigenvalue weighted by atomic mass is 9.81. The van der Waals surface area contributed by atoms with Crippen molar-refractivity contribution in [2.75, 3.05) is 7.11 Å². The zero-order valence-electron chi connectivity index (χ0n) is 19.8. The standard InChI is InChI=1S/C25H23ClFN5O4S/c1-36-25(35)20-21(13-2-5-18-14(10-13)12-32(31-18)8-6-19(33)34)29-23(24-28-7-9-37-24)30-22(20)16-4-3-15(27)11-17(16)26/h3-4,7,9,11-13,22H,2,5-6,8,10H2,1H3,(H,29,30)(H,33,34). The Morgan fingerprint density at radius 3 is 2.92 bits per heavy atom. The minimum atomic E-state index is -0.884. The van der Waals surface area contributed by atoms with Gasteiger partial charge in [0.05, 0.1) is 31.3 Å². The fraction of sp³-hybridized carbons (Fsp3) is 0.320. The molecule has 2 N–H and O–H groups in total. The van der Waals surface area contributed by atoms with Crippen LogP contribution < -0.4 is 5.32 Å². The molecule has 0 spiro atoms. The van der Waals surface area contributed by atoms with Gasteiger partial charge in [-0.15, -0.1) is 11.3 Å². The van der Waals surface area contributed by atoms with Crippen LogP contribution in [0.4, 0.5) is 4.39 Å². The van der Waals surface area contributed by atoms with E-state index in [1.165, 1.54) is 36.6 Å². The molecule has 1 aliphatic carbocycles. The lowest BCUT2D eigenvalue weighted by Gasteiger charge is -2.32. The SMILES string of the molecule is COC(=O)C1=C(C2CCc3nn(CCC(=O)O)cc3C2)NC(c2nccs2)=NC1c1ccc(F)cc1Cl. The number of carboxylic acids is 1. The van der Waals surface area contributed by atoms with E-state index in [4.69, 9.17) is 26.4 Å². The van der Waals surface area contributed by atoms with Crippen LogP contribution in [0.2, 0.25) is 5.02 Å². The maximum Gasteiger partial charge on any atom is 0.338 e. The van der Waals surface area contributed by atoms with Gasteiger partial charge in [0.15, 0.2) is 10.8 Å². The molecule has 2 aromatic heterocycles. The number of amidine groups is 1. The van der Waals surface area contributed by atoms with E-state index in [9.17, 15) is 14.0 Å². The Labute approximate surface area is 220 Å². The van der Waals surface area contributed by atoms with Gasteiger partial charge in [0.2, 0.25) is 0 Å². The molecule has 1 aromatic carbocycles. The first kappa shape index (κ1) is 25.1. The number of rotatable bonds is 7. The monoisotopic (exact) mass is 543 g/mol. The highest BCUT2D eigenvalue weighted by Gasteiger charge is 2.38. The molecule has 1 aliphatic heterocycles. The molecule has 192 valence electrons. The van der Waals surface area contributed by atoms with Gasteiger partial charge in [-0.2, -0.15) is 5.10 Å². The van der Waals surface area contributed by atoms with Crippen molar-refractivity contribution in [3.63, 3.8) is 0 Å². The number of aliphatic imine (C=N–C) groups is 1. The second-order valence-corrected chi connectivity index (χ2v) is 10.1. The molecule has 37 heavy (non-hydrogen) atoms. The third kappa shape index (κ3) is 5.14. The summed E-state index contributed by atoms with van der Waals surface area (Å²) in [4.78, 5) is 33.3. The van der Waals surface area contributed by atoms with Crippen LogP contribution >= 0.6 is 22.9 Å². The number of nitrogens with zero attached hydrogens (tertiary/aromatic N) is 4. The number of thiazole rings is 1. The highest BCUT2D eigenvalue weighted by molar-refractivity contribution is 7.11. The maximum atomic E-state index is 13.9. The minimum Gasteiger partial charge on any atom is -0.481 e. The van der Waals surface area contributed by atoms with Gasteiger partial charge in [-0.25, -0.2) is 14.2 Å². The number of fused-ring (bicyclic) bond motifs is 1. The smallest absolute Gasteiger partial charge is 0.338 e. The van der Waals surface area contributed by atoms with Gasteiger partial charge in [0.25, 0.3) is 0 Å². The molecule has 3 heterocycles. The number of esters is 1. The molecule has 12 heteroatoms. The number of aryl methyl sites for hydroxylation is 2. The fourth-order valence-electron chi connectivity index (χ4n) is 4.75. The third-order valence-corrected chi connectivity index (χ3v) is 7.56. The summed E-state index contributed by atoms with van der Waals surface area (Å²) in [5.41, 5.74) is 3.36. The Balaban J connectivity index is 1.57. The Morgan fingerprint density at radius 1 is 1.38 bits per heavy atom. The quantitative estimate of drug-likeness (QED) is 0.433. The number of aromatic nitrogens is 3. The third-order valence-electron chi connectivity index (χ3n) is 6.46. The van der Waals surface area contributed by atoms with Crippen molar-refractivity contribution in [1.29, 1.82) is 0 Å². The second kappa shape index (κ2) is 10.4. The summed E-state index contributed by atoms with van der Waals surface area (Å²) in [7, 11) is 1.31. The molecule has 2 unspecified atom stereocenters. The van der Waals surface area contributed by atoms with Crippen molar-refractivity contribution in [1.82, 2.24) is 20.1 Å². The lowest BCUT2D eigenvalue weighted by Crippen LogP contribution is -2.38. The molecule has 2 atom stereocenters. The average molecular weight is 544 g/mol. The van der Waals surface area contributed by atoms with Crippen LogP contribution in [-0.4, -0.2) is 44.8 Å². The van der Waals surface area contributed by atoms with E-state index in [1.807, 2.05) is 11.6 Å². The van der Waals surface area contributed by atoms with Gasteiger partial charge in [-0.05, 0) is 37.0 Å².